The molecule has 0 aromatic carbocycles. The summed E-state index contributed by atoms with van der Waals surface area (Å²) < 4.78 is 0. The van der Waals surface area contributed by atoms with Crippen molar-refractivity contribution >= 4 is 34.4 Å². The number of aromatic hydroxyl groups is 1. The number of halogens is 1. The lowest BCUT2D eigenvalue weighted by Gasteiger charge is -2.16. The summed E-state index contributed by atoms with van der Waals surface area (Å²) in [7, 11) is 0. The van der Waals surface area contributed by atoms with Gasteiger partial charge in [0.2, 0.25) is 5.78 Å². The van der Waals surface area contributed by atoms with Crippen molar-refractivity contribution in [1.82, 2.24) is 0 Å². The second-order valence-electron chi connectivity index (χ2n) is 4.43. The van der Waals surface area contributed by atoms with Crippen LogP contribution >= 0.6 is 22.9 Å². The van der Waals surface area contributed by atoms with E-state index in [1.54, 1.807) is 6.92 Å². The van der Waals surface area contributed by atoms with Crippen LogP contribution in [0.4, 0.5) is 0 Å². The van der Waals surface area contributed by atoms with Gasteiger partial charge in [-0.2, -0.15) is 0 Å². The average molecular weight is 307 g/mol. The Labute approximate surface area is 124 Å². The highest BCUT2D eigenvalue weighted by Crippen LogP contribution is 2.36. The van der Waals surface area contributed by atoms with Gasteiger partial charge in [-0.15, -0.1) is 0 Å². The van der Waals surface area contributed by atoms with Gasteiger partial charge < -0.3 is 10.2 Å². The molecule has 0 atom stereocenters. The summed E-state index contributed by atoms with van der Waals surface area (Å²) in [5, 5.41) is 19.6. The molecular weight excluding hydrogens is 298 g/mol. The average Bonchev–Trinajstić information content (AvgIpc) is 2.99. The van der Waals surface area contributed by atoms with Crippen LogP contribution in [0.5, 0.6) is 5.06 Å². The van der Waals surface area contributed by atoms with Crippen LogP contribution in [-0.4, -0.2) is 21.7 Å². The summed E-state index contributed by atoms with van der Waals surface area (Å²) in [5.41, 5.74) is 2.04. The van der Waals surface area contributed by atoms with E-state index < -0.39 is 0 Å². The number of fused-ring (bicyclic) bond motifs is 1. The van der Waals surface area contributed by atoms with Crippen LogP contribution in [-0.2, 0) is 0 Å². The lowest BCUT2D eigenvalue weighted by atomic mass is 9.92. The highest BCUT2D eigenvalue weighted by Gasteiger charge is 2.31. The van der Waals surface area contributed by atoms with Gasteiger partial charge in [-0.3, -0.25) is 9.79 Å². The van der Waals surface area contributed by atoms with E-state index in [2.05, 4.69) is 11.1 Å². The fraction of sp³-hybridized carbons (Fsp3) is 0.143. The molecule has 2 heterocycles. The predicted molar refractivity (Wildman–Crippen MR) is 77.3 cm³/mol. The van der Waals surface area contributed by atoms with Gasteiger partial charge in [0.1, 0.15) is 5.76 Å². The largest absolute Gasteiger partial charge is 0.506 e. The molecule has 20 heavy (non-hydrogen) atoms. The molecule has 1 aromatic heterocycles. The molecule has 0 fully saturated rings. The number of rotatable bonds is 2. The summed E-state index contributed by atoms with van der Waals surface area (Å²) in [4.78, 5) is 17.0. The molecule has 0 saturated carbocycles. The molecule has 6 heteroatoms. The third-order valence-electron chi connectivity index (χ3n) is 3.04. The molecule has 3 rings (SSSR count). The molecule has 1 radical (unpaired) electrons. The molecule has 1 aromatic rings. The first kappa shape index (κ1) is 13.1. The van der Waals surface area contributed by atoms with Gasteiger partial charge in [0.15, 0.2) is 5.06 Å². The van der Waals surface area contributed by atoms with Gasteiger partial charge in [0.25, 0.3) is 0 Å². The first-order chi connectivity index (χ1) is 9.47. The molecular formula is C14H9ClNO3S. The monoisotopic (exact) mass is 306 g/mol. The predicted octanol–water partition coefficient (Wildman–Crippen LogP) is 3.51. The SMILES string of the molecule is CC1=[C]C2=C(Cl)C(O)=C(C(=O)c3ccc(O)s3)CC2=N1. The van der Waals surface area contributed by atoms with Crippen molar-refractivity contribution in [3.05, 3.63) is 50.7 Å². The molecule has 1 aliphatic carbocycles. The van der Waals surface area contributed by atoms with Gasteiger partial charge in [0, 0.05) is 23.8 Å². The Balaban J connectivity index is 2.04. The molecule has 2 aliphatic rings. The number of carbonyl (C=O) groups is 1. The lowest BCUT2D eigenvalue weighted by Crippen LogP contribution is -2.16. The van der Waals surface area contributed by atoms with Crippen molar-refractivity contribution in [3.63, 3.8) is 0 Å². The van der Waals surface area contributed by atoms with E-state index in [1.807, 2.05) is 0 Å². The van der Waals surface area contributed by atoms with Crippen LogP contribution in [0.25, 0.3) is 0 Å². The van der Waals surface area contributed by atoms with E-state index in [1.165, 1.54) is 12.1 Å². The first-order valence-electron chi connectivity index (χ1n) is 5.81. The number of allylic oxidation sites excluding steroid dienone is 5. The van der Waals surface area contributed by atoms with Crippen molar-refractivity contribution in [1.29, 1.82) is 0 Å². The number of aliphatic hydroxyl groups excluding tert-OH is 1. The lowest BCUT2D eigenvalue weighted by molar-refractivity contribution is 0.103. The Kier molecular flexibility index (Phi) is 3.03. The number of nitrogens with zero attached hydrogens (tertiary/aromatic N) is 1. The van der Waals surface area contributed by atoms with Crippen molar-refractivity contribution < 1.29 is 15.0 Å². The maximum absolute atomic E-state index is 12.4. The van der Waals surface area contributed by atoms with E-state index in [-0.39, 0.29) is 33.6 Å². The number of Topliss-reactive ketones (excluding diaryl/α,β-unsaturated/α-hetero) is 1. The van der Waals surface area contributed by atoms with Gasteiger partial charge in [-0.1, -0.05) is 22.9 Å². The number of thiophene rings is 1. The van der Waals surface area contributed by atoms with E-state index in [0.717, 1.165) is 11.3 Å². The van der Waals surface area contributed by atoms with Crippen LogP contribution in [0.3, 0.4) is 0 Å². The number of hydrogen-bond acceptors (Lipinski definition) is 5. The summed E-state index contributed by atoms with van der Waals surface area (Å²) >= 11 is 7.04. The Morgan fingerprint density at radius 1 is 1.45 bits per heavy atom. The Hall–Kier alpha value is -1.85. The fourth-order valence-electron chi connectivity index (χ4n) is 2.14. The minimum Gasteiger partial charge on any atom is -0.506 e. The zero-order valence-electron chi connectivity index (χ0n) is 10.4. The smallest absolute Gasteiger partial charge is 0.203 e. The zero-order chi connectivity index (χ0) is 14.4. The minimum absolute atomic E-state index is 0.0515. The number of carbonyl (C=O) groups excluding carboxylic acids is 1. The number of ketones is 1. The number of aliphatic hydroxyl groups is 1. The van der Waals surface area contributed by atoms with E-state index in [9.17, 15) is 15.0 Å². The van der Waals surface area contributed by atoms with Crippen LogP contribution in [0, 0.1) is 6.08 Å². The number of hydrogen-bond donors (Lipinski definition) is 2. The van der Waals surface area contributed by atoms with Gasteiger partial charge in [-0.25, -0.2) is 0 Å². The zero-order valence-corrected chi connectivity index (χ0v) is 12.0. The molecule has 1 aliphatic heterocycles. The molecule has 0 saturated heterocycles. The normalized spacial score (nSPS) is 18.1. The maximum atomic E-state index is 12.4. The molecule has 0 amide bonds. The van der Waals surface area contributed by atoms with Crippen molar-refractivity contribution in [2.75, 3.05) is 0 Å². The minimum atomic E-state index is -0.350. The fourth-order valence-corrected chi connectivity index (χ4v) is 3.12. The second kappa shape index (κ2) is 4.61. The number of aliphatic imine (C=N–C) groups is 1. The van der Waals surface area contributed by atoms with Crippen molar-refractivity contribution in [2.24, 2.45) is 4.99 Å². The quantitative estimate of drug-likeness (QED) is 0.821. The highest BCUT2D eigenvalue weighted by molar-refractivity contribution is 7.15. The topological polar surface area (TPSA) is 69.9 Å². The van der Waals surface area contributed by atoms with E-state index >= 15 is 0 Å². The Morgan fingerprint density at radius 2 is 2.20 bits per heavy atom. The summed E-state index contributed by atoms with van der Waals surface area (Å²) in [6, 6.07) is 2.95. The summed E-state index contributed by atoms with van der Waals surface area (Å²) in [5.74, 6) is -0.585. The second-order valence-corrected chi connectivity index (χ2v) is 5.87. The van der Waals surface area contributed by atoms with Crippen molar-refractivity contribution in [2.45, 2.75) is 13.3 Å². The van der Waals surface area contributed by atoms with E-state index in [4.69, 9.17) is 11.6 Å². The molecule has 101 valence electrons. The molecule has 4 nitrogen and oxygen atoms in total. The van der Waals surface area contributed by atoms with Crippen LogP contribution in [0.1, 0.15) is 23.0 Å². The third-order valence-corrected chi connectivity index (χ3v) is 4.30. The van der Waals surface area contributed by atoms with E-state index in [0.29, 0.717) is 21.9 Å². The third kappa shape index (κ3) is 1.99. The van der Waals surface area contributed by atoms with Crippen LogP contribution in [0.2, 0.25) is 0 Å². The van der Waals surface area contributed by atoms with Gasteiger partial charge in [0.05, 0.1) is 21.2 Å². The molecule has 0 bridgehead atoms. The van der Waals surface area contributed by atoms with Crippen molar-refractivity contribution in [3.8, 4) is 5.06 Å². The standard InChI is InChI=1S/C14H9ClNO3S/c1-6-4-7-9(16-6)5-8(14(19)12(7)15)13(18)10-2-3-11(17)20-10/h2-3,17,19H,5H2,1H3. The maximum Gasteiger partial charge on any atom is 0.203 e. The van der Waals surface area contributed by atoms with Crippen LogP contribution < -0.4 is 0 Å². The summed E-state index contributed by atoms with van der Waals surface area (Å²) in [6.45, 7) is 1.78. The molecule has 0 unspecified atom stereocenters. The molecule has 0 spiro atoms. The highest BCUT2D eigenvalue weighted by atomic mass is 35.5. The molecule has 2 N–H and O–H groups in total. The van der Waals surface area contributed by atoms with Gasteiger partial charge in [-0.05, 0) is 19.1 Å². The Morgan fingerprint density at radius 3 is 2.85 bits per heavy atom. The first-order valence-corrected chi connectivity index (χ1v) is 7.01. The van der Waals surface area contributed by atoms with Gasteiger partial charge >= 0.3 is 0 Å². The summed E-state index contributed by atoms with van der Waals surface area (Å²) in [6.07, 6.45) is 3.16. The Bertz CT molecular complexity index is 752. The van der Waals surface area contributed by atoms with Crippen LogP contribution in [0.15, 0.2) is 44.8 Å².